The maximum Gasteiger partial charge on any atom is 0.516 e. The third-order valence-corrected chi connectivity index (χ3v) is 15.9. The Balaban J connectivity index is 0.834. The Bertz CT molecular complexity index is 1720. The quantitative estimate of drug-likeness (QED) is 0.0570. The molecule has 6 aliphatic rings. The zero-order valence-corrected chi connectivity index (χ0v) is 37.6. The van der Waals surface area contributed by atoms with Crippen molar-refractivity contribution in [1.82, 2.24) is 0 Å². The molecule has 4 aliphatic carbocycles. The fourth-order valence-corrected chi connectivity index (χ4v) is 12.8. The normalized spacial score (nSPS) is 33.8. The van der Waals surface area contributed by atoms with Gasteiger partial charge in [0.2, 0.25) is 0 Å². The fraction of sp³-hybridized carbons (Fsp3) is 0.760. The lowest BCUT2D eigenvalue weighted by Gasteiger charge is -2.65. The van der Waals surface area contributed by atoms with Crippen LogP contribution >= 0.6 is 0 Å². The Morgan fingerprint density at radius 2 is 1.49 bits per heavy atom. The highest BCUT2D eigenvalue weighted by Gasteiger charge is 2.74. The minimum atomic E-state index is -0.901. The van der Waals surface area contributed by atoms with Crippen LogP contribution in [0.1, 0.15) is 168 Å². The molecule has 2 bridgehead atoms. The van der Waals surface area contributed by atoms with Crippen molar-refractivity contribution < 1.29 is 52.3 Å². The van der Waals surface area contributed by atoms with Gasteiger partial charge in [-0.1, -0.05) is 91.2 Å². The summed E-state index contributed by atoms with van der Waals surface area (Å²) in [5.74, 6) is 1.63. The standard InChI is InChI=1S/C50H72O11/c1-33(2)31-57-47(54)60-43(52)17-15-13-11-9-7-6-8-10-12-14-16-42(51)58-38-24-26-48(3)36(29-38)20-23-40-39(48)25-27-49(4)45(35-28-44(53)56-32-35)41-30-50(40,49)61-46(59-41)34-18-21-37(55-5)22-19-34/h18-19,21-22,28,33,36,38-41,45-46H,6-17,20,23-27,29-32H2,1-5H3/t36-,38+,39+,40-,41+,45+,46?,48+,49-,50+/m1/s1. The molecule has 10 atom stereocenters. The van der Waals surface area contributed by atoms with Crippen molar-refractivity contribution in [3.63, 3.8) is 0 Å². The van der Waals surface area contributed by atoms with Crippen molar-refractivity contribution in [1.29, 1.82) is 0 Å². The van der Waals surface area contributed by atoms with Crippen LogP contribution in [0.5, 0.6) is 5.75 Å². The van der Waals surface area contributed by atoms with E-state index in [-0.39, 0.29) is 65.4 Å². The molecular formula is C50H72O11. The van der Waals surface area contributed by atoms with Crippen LogP contribution in [0.4, 0.5) is 4.79 Å². The number of methoxy groups -OCH3 is 1. The van der Waals surface area contributed by atoms with Crippen molar-refractivity contribution in [2.75, 3.05) is 20.3 Å². The van der Waals surface area contributed by atoms with Crippen LogP contribution in [0.2, 0.25) is 0 Å². The van der Waals surface area contributed by atoms with Crippen LogP contribution < -0.4 is 4.74 Å². The molecule has 1 aromatic rings. The number of unbranched alkanes of at least 4 members (excludes halogenated alkanes) is 9. The summed E-state index contributed by atoms with van der Waals surface area (Å²) in [4.78, 5) is 48.7. The number of hydrogen-bond acceptors (Lipinski definition) is 11. The second-order valence-corrected chi connectivity index (χ2v) is 20.1. The lowest BCUT2D eigenvalue weighted by Crippen LogP contribution is -2.63. The van der Waals surface area contributed by atoms with Crippen LogP contribution in [0.3, 0.4) is 0 Å². The van der Waals surface area contributed by atoms with E-state index in [1.165, 1.54) is 19.3 Å². The molecular weight excluding hydrogens is 777 g/mol. The van der Waals surface area contributed by atoms with E-state index in [4.69, 9.17) is 33.2 Å². The smallest absolute Gasteiger partial charge is 0.497 e. The molecule has 5 fully saturated rings. The first-order chi connectivity index (χ1) is 29.3. The first-order valence-electron chi connectivity index (χ1n) is 23.8. The maximum atomic E-state index is 13.1. The molecule has 4 saturated carbocycles. The summed E-state index contributed by atoms with van der Waals surface area (Å²) < 4.78 is 41.0. The molecule has 0 radical (unpaired) electrons. The van der Waals surface area contributed by atoms with E-state index in [0.29, 0.717) is 30.8 Å². The van der Waals surface area contributed by atoms with Gasteiger partial charge in [0.25, 0.3) is 0 Å². The molecule has 1 spiro atoms. The highest BCUT2D eigenvalue weighted by molar-refractivity contribution is 5.85. The second-order valence-electron chi connectivity index (χ2n) is 20.1. The highest BCUT2D eigenvalue weighted by Crippen LogP contribution is 2.73. The number of hydrogen-bond donors (Lipinski definition) is 0. The summed E-state index contributed by atoms with van der Waals surface area (Å²) in [6.45, 7) is 9.37. The molecule has 2 heterocycles. The van der Waals surface area contributed by atoms with Crippen LogP contribution in [-0.4, -0.2) is 62.2 Å². The number of ether oxygens (including phenoxy) is 7. The lowest BCUT2D eigenvalue weighted by atomic mass is 9.43. The second kappa shape index (κ2) is 19.9. The van der Waals surface area contributed by atoms with Crippen molar-refractivity contribution >= 4 is 24.1 Å². The van der Waals surface area contributed by atoms with E-state index < -0.39 is 18.4 Å². The third-order valence-electron chi connectivity index (χ3n) is 15.9. The number of rotatable bonds is 19. The maximum absolute atomic E-state index is 13.1. The Kier molecular flexibility index (Phi) is 14.9. The van der Waals surface area contributed by atoms with Gasteiger partial charge in [-0.3, -0.25) is 9.59 Å². The molecule has 0 aromatic heterocycles. The first kappa shape index (κ1) is 45.6. The molecule has 7 rings (SSSR count). The molecule has 1 aromatic carbocycles. The topological polar surface area (TPSA) is 133 Å². The number of carbonyl (C=O) groups is 4. The molecule has 1 unspecified atom stereocenters. The van der Waals surface area contributed by atoms with Gasteiger partial charge in [0.15, 0.2) is 6.29 Å². The predicted octanol–water partition coefficient (Wildman–Crippen LogP) is 10.9. The molecule has 338 valence electrons. The van der Waals surface area contributed by atoms with Gasteiger partial charge < -0.3 is 33.2 Å². The van der Waals surface area contributed by atoms with Gasteiger partial charge in [0, 0.05) is 42.2 Å². The number of esters is 3. The molecule has 11 nitrogen and oxygen atoms in total. The van der Waals surface area contributed by atoms with Gasteiger partial charge in [-0.15, -0.1) is 0 Å². The number of cyclic esters (lactones) is 1. The molecule has 61 heavy (non-hydrogen) atoms. The Labute approximate surface area is 363 Å². The molecule has 0 amide bonds. The highest BCUT2D eigenvalue weighted by atomic mass is 16.7. The summed E-state index contributed by atoms with van der Waals surface area (Å²) >= 11 is 0. The molecule has 0 N–H and O–H groups in total. The van der Waals surface area contributed by atoms with Crippen LogP contribution in [0.25, 0.3) is 0 Å². The minimum Gasteiger partial charge on any atom is -0.497 e. The van der Waals surface area contributed by atoms with Crippen molar-refractivity contribution in [2.45, 2.75) is 180 Å². The SMILES string of the molecule is COc1ccc(C2O[C@H]3C[C@]4(O2)[C@@H]2CC[C@@H]5C[C@@H](OC(=O)CCCCCCCCCCCCC(=O)OC(=O)OCC(C)C)CC[C@]5(C)[C@H]2CC[C@]4(C)[C@H]3C2=CC(=O)OC2)cc1. The average Bonchev–Trinajstić information content (AvgIpc) is 3.74. The number of benzene rings is 1. The van der Waals surface area contributed by atoms with E-state index in [1.807, 2.05) is 26.0 Å². The van der Waals surface area contributed by atoms with Gasteiger partial charge in [-0.05, 0) is 105 Å². The van der Waals surface area contributed by atoms with E-state index in [9.17, 15) is 19.2 Å². The van der Waals surface area contributed by atoms with Crippen molar-refractivity contribution in [3.8, 4) is 5.75 Å². The minimum absolute atomic E-state index is 0.00289. The van der Waals surface area contributed by atoms with Gasteiger partial charge >= 0.3 is 24.1 Å². The predicted molar refractivity (Wildman–Crippen MR) is 228 cm³/mol. The fourth-order valence-electron chi connectivity index (χ4n) is 12.8. The van der Waals surface area contributed by atoms with Gasteiger partial charge in [-0.2, -0.15) is 0 Å². The Morgan fingerprint density at radius 1 is 0.820 bits per heavy atom. The zero-order chi connectivity index (χ0) is 43.2. The lowest BCUT2D eigenvalue weighted by molar-refractivity contribution is -0.319. The van der Waals surface area contributed by atoms with Crippen molar-refractivity contribution in [3.05, 3.63) is 41.5 Å². The Morgan fingerprint density at radius 3 is 2.13 bits per heavy atom. The molecule has 1 saturated heterocycles. The van der Waals surface area contributed by atoms with Gasteiger partial charge in [0.1, 0.15) is 18.5 Å². The Hall–Kier alpha value is -3.44. The number of fused-ring (bicyclic) bond motifs is 4. The monoisotopic (exact) mass is 849 g/mol. The van der Waals surface area contributed by atoms with E-state index in [2.05, 4.69) is 26.0 Å². The van der Waals surface area contributed by atoms with Crippen LogP contribution in [0, 0.1) is 40.4 Å². The third kappa shape index (κ3) is 10.0. The average molecular weight is 849 g/mol. The molecule has 2 aliphatic heterocycles. The first-order valence-corrected chi connectivity index (χ1v) is 23.8. The van der Waals surface area contributed by atoms with Gasteiger partial charge in [-0.25, -0.2) is 9.59 Å². The zero-order valence-electron chi connectivity index (χ0n) is 37.6. The number of carbonyl (C=O) groups excluding carboxylic acids is 4. The van der Waals surface area contributed by atoms with E-state index in [0.717, 1.165) is 113 Å². The van der Waals surface area contributed by atoms with Crippen molar-refractivity contribution in [2.24, 2.45) is 40.4 Å². The van der Waals surface area contributed by atoms with Gasteiger partial charge in [0.05, 0.1) is 25.4 Å². The summed E-state index contributed by atoms with van der Waals surface area (Å²) in [7, 11) is 1.68. The van der Waals surface area contributed by atoms with E-state index in [1.54, 1.807) is 13.2 Å². The summed E-state index contributed by atoms with van der Waals surface area (Å²) in [6.07, 6.45) is 19.5. The summed E-state index contributed by atoms with van der Waals surface area (Å²) in [5, 5.41) is 0. The summed E-state index contributed by atoms with van der Waals surface area (Å²) in [6, 6.07) is 8.05. The largest absolute Gasteiger partial charge is 0.516 e. The summed E-state index contributed by atoms with van der Waals surface area (Å²) in [5.41, 5.74) is 1.62. The van der Waals surface area contributed by atoms with Crippen LogP contribution in [-0.2, 0) is 42.8 Å². The van der Waals surface area contributed by atoms with Crippen LogP contribution in [0.15, 0.2) is 35.9 Å². The van der Waals surface area contributed by atoms with E-state index >= 15 is 0 Å². The molecule has 11 heteroatoms.